The van der Waals surface area contributed by atoms with Crippen LogP contribution in [0.3, 0.4) is 0 Å². The summed E-state index contributed by atoms with van der Waals surface area (Å²) in [6.45, 7) is 2.66. The van der Waals surface area contributed by atoms with Gasteiger partial charge >= 0.3 is 6.03 Å². The Balaban J connectivity index is 2.24. The Kier molecular flexibility index (Phi) is 3.69. The van der Waals surface area contributed by atoms with Gasteiger partial charge in [0.1, 0.15) is 5.82 Å². The number of aryl methyl sites for hydroxylation is 1. The molecule has 0 unspecified atom stereocenters. The van der Waals surface area contributed by atoms with Gasteiger partial charge in [-0.15, -0.1) is 0 Å². The van der Waals surface area contributed by atoms with E-state index in [1.165, 1.54) is 11.8 Å². The lowest BCUT2D eigenvalue weighted by molar-refractivity contribution is -0.128. The monoisotopic (exact) mass is 262 g/mol. The third kappa shape index (κ3) is 2.83. The number of hydrogen-bond donors (Lipinski definition) is 1. The summed E-state index contributed by atoms with van der Waals surface area (Å²) in [6.07, 6.45) is 3.45. The van der Waals surface area contributed by atoms with Crippen molar-refractivity contribution >= 4 is 17.8 Å². The average Bonchev–Trinajstić information content (AvgIpc) is 2.37. The third-order valence-corrected chi connectivity index (χ3v) is 3.31. The average molecular weight is 262 g/mol. The van der Waals surface area contributed by atoms with E-state index in [1.54, 1.807) is 18.1 Å². The van der Waals surface area contributed by atoms with E-state index in [2.05, 4.69) is 4.98 Å². The van der Waals surface area contributed by atoms with Gasteiger partial charge in [0, 0.05) is 33.3 Å². The van der Waals surface area contributed by atoms with Crippen molar-refractivity contribution in [1.29, 1.82) is 0 Å². The molecule has 1 aromatic heterocycles. The fraction of sp³-hybridized carbons (Fsp3) is 0.462. The molecule has 2 rings (SSSR count). The highest BCUT2D eigenvalue weighted by Crippen LogP contribution is 2.25. The van der Waals surface area contributed by atoms with Crippen LogP contribution in [0.25, 0.3) is 0 Å². The SMILES string of the molecule is CC(=O)N(C)Cc1cnc2c(c1)CCCN2C(N)=O. The molecular weight excluding hydrogens is 244 g/mol. The van der Waals surface area contributed by atoms with Gasteiger partial charge in [-0.25, -0.2) is 9.78 Å². The highest BCUT2D eigenvalue weighted by molar-refractivity contribution is 5.90. The number of fused-ring (bicyclic) bond motifs is 1. The van der Waals surface area contributed by atoms with Crippen molar-refractivity contribution in [2.75, 3.05) is 18.5 Å². The molecule has 2 N–H and O–H groups in total. The molecule has 0 atom stereocenters. The van der Waals surface area contributed by atoms with E-state index < -0.39 is 6.03 Å². The minimum Gasteiger partial charge on any atom is -0.351 e. The van der Waals surface area contributed by atoms with E-state index in [1.807, 2.05) is 6.07 Å². The molecule has 1 aromatic rings. The maximum atomic E-state index is 11.3. The molecule has 0 saturated heterocycles. The lowest BCUT2D eigenvalue weighted by atomic mass is 10.0. The minimum atomic E-state index is -0.470. The Morgan fingerprint density at radius 2 is 2.26 bits per heavy atom. The number of nitrogens with zero attached hydrogens (tertiary/aromatic N) is 3. The number of pyridine rings is 1. The summed E-state index contributed by atoms with van der Waals surface area (Å²) in [5, 5.41) is 0. The zero-order valence-corrected chi connectivity index (χ0v) is 11.2. The summed E-state index contributed by atoms with van der Waals surface area (Å²) in [5.41, 5.74) is 7.31. The predicted molar refractivity (Wildman–Crippen MR) is 71.6 cm³/mol. The summed E-state index contributed by atoms with van der Waals surface area (Å²) in [5.74, 6) is 0.657. The number of primary amides is 1. The van der Waals surface area contributed by atoms with Crippen molar-refractivity contribution in [3.63, 3.8) is 0 Å². The number of amides is 3. The van der Waals surface area contributed by atoms with E-state index in [-0.39, 0.29) is 5.91 Å². The normalized spacial score (nSPS) is 13.9. The van der Waals surface area contributed by atoms with Gasteiger partial charge < -0.3 is 10.6 Å². The second kappa shape index (κ2) is 5.26. The number of aromatic nitrogens is 1. The zero-order chi connectivity index (χ0) is 14.0. The summed E-state index contributed by atoms with van der Waals surface area (Å²) in [6, 6.07) is 1.53. The van der Waals surface area contributed by atoms with E-state index in [0.717, 1.165) is 24.0 Å². The Morgan fingerprint density at radius 1 is 1.53 bits per heavy atom. The van der Waals surface area contributed by atoms with Crippen LogP contribution < -0.4 is 10.6 Å². The van der Waals surface area contributed by atoms with Gasteiger partial charge in [-0.1, -0.05) is 0 Å². The van der Waals surface area contributed by atoms with Gasteiger partial charge in [-0.2, -0.15) is 0 Å². The number of hydrogen-bond acceptors (Lipinski definition) is 3. The lowest BCUT2D eigenvalue weighted by Crippen LogP contribution is -2.40. The first-order chi connectivity index (χ1) is 8.99. The smallest absolute Gasteiger partial charge is 0.320 e. The summed E-state index contributed by atoms with van der Waals surface area (Å²) >= 11 is 0. The molecule has 1 aliphatic heterocycles. The second-order valence-corrected chi connectivity index (χ2v) is 4.79. The molecule has 1 aliphatic rings. The van der Waals surface area contributed by atoms with Crippen molar-refractivity contribution < 1.29 is 9.59 Å². The van der Waals surface area contributed by atoms with Gasteiger partial charge in [-0.3, -0.25) is 9.69 Å². The molecule has 0 saturated carbocycles. The van der Waals surface area contributed by atoms with Crippen LogP contribution in [0.2, 0.25) is 0 Å². The molecule has 102 valence electrons. The van der Waals surface area contributed by atoms with Crippen molar-refractivity contribution in [2.45, 2.75) is 26.3 Å². The minimum absolute atomic E-state index is 0.0106. The summed E-state index contributed by atoms with van der Waals surface area (Å²) in [4.78, 5) is 30.0. The zero-order valence-electron chi connectivity index (χ0n) is 11.2. The molecule has 6 heteroatoms. The third-order valence-electron chi connectivity index (χ3n) is 3.31. The number of nitrogens with two attached hydrogens (primary N) is 1. The lowest BCUT2D eigenvalue weighted by Gasteiger charge is -2.27. The van der Waals surface area contributed by atoms with Crippen LogP contribution in [0.1, 0.15) is 24.5 Å². The standard InChI is InChI=1S/C13H18N4O2/c1-9(18)16(2)8-10-6-11-4-3-5-17(13(14)19)12(11)15-7-10/h6-7H,3-5,8H2,1-2H3,(H2,14,19). The van der Waals surface area contributed by atoms with E-state index in [0.29, 0.717) is 18.9 Å². The topological polar surface area (TPSA) is 79.5 Å². The van der Waals surface area contributed by atoms with Gasteiger partial charge in [0.15, 0.2) is 0 Å². The van der Waals surface area contributed by atoms with Gasteiger partial charge in [0.25, 0.3) is 0 Å². The molecule has 0 radical (unpaired) electrons. The molecule has 6 nitrogen and oxygen atoms in total. The number of urea groups is 1. The van der Waals surface area contributed by atoms with Crippen LogP contribution in [0.15, 0.2) is 12.3 Å². The van der Waals surface area contributed by atoms with Gasteiger partial charge in [0.05, 0.1) is 0 Å². The van der Waals surface area contributed by atoms with Gasteiger partial charge in [-0.05, 0) is 30.0 Å². The first kappa shape index (κ1) is 13.3. The largest absolute Gasteiger partial charge is 0.351 e. The highest BCUT2D eigenvalue weighted by Gasteiger charge is 2.22. The van der Waals surface area contributed by atoms with Crippen LogP contribution in [0.5, 0.6) is 0 Å². The van der Waals surface area contributed by atoms with Crippen LogP contribution in [-0.2, 0) is 17.8 Å². The molecule has 19 heavy (non-hydrogen) atoms. The fourth-order valence-electron chi connectivity index (χ4n) is 2.20. The first-order valence-corrected chi connectivity index (χ1v) is 6.25. The van der Waals surface area contributed by atoms with Crippen LogP contribution in [0.4, 0.5) is 10.6 Å². The Morgan fingerprint density at radius 3 is 2.89 bits per heavy atom. The number of anilines is 1. The van der Waals surface area contributed by atoms with Crippen LogP contribution in [0, 0.1) is 0 Å². The van der Waals surface area contributed by atoms with E-state index in [4.69, 9.17) is 5.73 Å². The molecule has 0 spiro atoms. The molecule has 3 amide bonds. The van der Waals surface area contributed by atoms with Crippen molar-refractivity contribution in [3.8, 4) is 0 Å². The quantitative estimate of drug-likeness (QED) is 0.859. The number of rotatable bonds is 2. The van der Waals surface area contributed by atoms with Crippen LogP contribution >= 0.6 is 0 Å². The van der Waals surface area contributed by atoms with Crippen LogP contribution in [-0.4, -0.2) is 35.4 Å². The van der Waals surface area contributed by atoms with E-state index >= 15 is 0 Å². The number of carbonyl (C=O) groups is 2. The Labute approximate surface area is 112 Å². The first-order valence-electron chi connectivity index (χ1n) is 6.25. The summed E-state index contributed by atoms with van der Waals surface area (Å²) < 4.78 is 0. The van der Waals surface area contributed by atoms with Crippen molar-refractivity contribution in [2.24, 2.45) is 5.73 Å². The Hall–Kier alpha value is -2.11. The molecule has 2 heterocycles. The van der Waals surface area contributed by atoms with Gasteiger partial charge in [0.2, 0.25) is 5.91 Å². The highest BCUT2D eigenvalue weighted by atomic mass is 16.2. The molecule has 0 aromatic carbocycles. The number of carbonyl (C=O) groups excluding carboxylic acids is 2. The molecule has 0 fully saturated rings. The maximum absolute atomic E-state index is 11.3. The molecular formula is C13H18N4O2. The second-order valence-electron chi connectivity index (χ2n) is 4.79. The maximum Gasteiger partial charge on any atom is 0.320 e. The van der Waals surface area contributed by atoms with Crippen molar-refractivity contribution in [3.05, 3.63) is 23.4 Å². The predicted octanol–water partition coefficient (Wildman–Crippen LogP) is 0.891. The fourth-order valence-corrected chi connectivity index (χ4v) is 2.20. The Bertz CT molecular complexity index is 515. The van der Waals surface area contributed by atoms with Crippen molar-refractivity contribution in [1.82, 2.24) is 9.88 Å². The molecule has 0 aliphatic carbocycles. The summed E-state index contributed by atoms with van der Waals surface area (Å²) in [7, 11) is 1.75. The molecule has 0 bridgehead atoms. The van der Waals surface area contributed by atoms with E-state index in [9.17, 15) is 9.59 Å².